The van der Waals surface area contributed by atoms with Crippen molar-refractivity contribution >= 4 is 11.9 Å². The summed E-state index contributed by atoms with van der Waals surface area (Å²) < 4.78 is 25.9. The molecule has 0 aliphatic carbocycles. The molecule has 1 heterocycles. The van der Waals surface area contributed by atoms with Crippen LogP contribution in [0.15, 0.2) is 18.2 Å². The third kappa shape index (κ3) is 3.61. The van der Waals surface area contributed by atoms with Crippen LogP contribution in [0.5, 0.6) is 0 Å². The quantitative estimate of drug-likeness (QED) is 0.909. The fourth-order valence-electron chi connectivity index (χ4n) is 2.65. The Labute approximate surface area is 127 Å². The molecule has 1 atom stereocenters. The number of aliphatic carboxylic acids is 1. The van der Waals surface area contributed by atoms with Crippen LogP contribution in [-0.2, 0) is 16.0 Å². The number of benzene rings is 1. The Kier molecular flexibility index (Phi) is 4.78. The average Bonchev–Trinajstić information content (AvgIpc) is 2.87. The van der Waals surface area contributed by atoms with Crippen molar-refractivity contribution in [2.45, 2.75) is 32.6 Å². The Morgan fingerprint density at radius 1 is 1.32 bits per heavy atom. The molecule has 22 heavy (non-hydrogen) atoms. The number of amides is 1. The molecule has 0 bridgehead atoms. The summed E-state index contributed by atoms with van der Waals surface area (Å²) in [4.78, 5) is 24.8. The van der Waals surface area contributed by atoms with Crippen LogP contribution in [0, 0.1) is 17.0 Å². The highest BCUT2D eigenvalue weighted by Crippen LogP contribution is 2.30. The van der Waals surface area contributed by atoms with Crippen LogP contribution in [0.3, 0.4) is 0 Å². The largest absolute Gasteiger partial charge is 0.481 e. The number of nitrogens with zero attached hydrogens (tertiary/aromatic N) is 1. The number of likely N-dealkylation sites (tertiary alicyclic amines) is 1. The molecule has 120 valence electrons. The lowest BCUT2D eigenvalue weighted by molar-refractivity contribution is -0.147. The van der Waals surface area contributed by atoms with Crippen molar-refractivity contribution in [1.29, 1.82) is 0 Å². The first-order chi connectivity index (χ1) is 10.3. The van der Waals surface area contributed by atoms with Gasteiger partial charge in [0.2, 0.25) is 5.91 Å². The summed E-state index contributed by atoms with van der Waals surface area (Å²) in [5.74, 6) is -2.75. The summed E-state index contributed by atoms with van der Waals surface area (Å²) in [5.41, 5.74) is -0.223. The normalized spacial score (nSPS) is 21.1. The summed E-state index contributed by atoms with van der Waals surface area (Å²) in [6, 6.07) is 3.71. The highest BCUT2D eigenvalue weighted by molar-refractivity contribution is 5.80. The number of hydrogen-bond acceptors (Lipinski definition) is 2. The topological polar surface area (TPSA) is 57.6 Å². The summed E-state index contributed by atoms with van der Waals surface area (Å²) in [6.07, 6.45) is 1.73. The second kappa shape index (κ2) is 6.42. The van der Waals surface area contributed by atoms with Gasteiger partial charge in [0, 0.05) is 19.5 Å². The van der Waals surface area contributed by atoms with E-state index in [2.05, 4.69) is 0 Å². The number of rotatable bonds is 5. The van der Waals surface area contributed by atoms with Crippen molar-refractivity contribution in [3.05, 3.63) is 35.4 Å². The van der Waals surface area contributed by atoms with Gasteiger partial charge >= 0.3 is 5.97 Å². The van der Waals surface area contributed by atoms with Gasteiger partial charge < -0.3 is 10.0 Å². The molecule has 1 aromatic carbocycles. The first-order valence-corrected chi connectivity index (χ1v) is 7.27. The van der Waals surface area contributed by atoms with Crippen LogP contribution >= 0.6 is 0 Å². The van der Waals surface area contributed by atoms with E-state index >= 15 is 0 Å². The van der Waals surface area contributed by atoms with Crippen LogP contribution in [-0.4, -0.2) is 35.0 Å². The van der Waals surface area contributed by atoms with E-state index in [4.69, 9.17) is 5.11 Å². The second-order valence-corrected chi connectivity index (χ2v) is 6.03. The average molecular weight is 311 g/mol. The van der Waals surface area contributed by atoms with E-state index in [1.807, 2.05) is 0 Å². The molecule has 1 unspecified atom stereocenters. The van der Waals surface area contributed by atoms with Crippen LogP contribution in [0.2, 0.25) is 0 Å². The Morgan fingerprint density at radius 2 is 2.05 bits per heavy atom. The van der Waals surface area contributed by atoms with Gasteiger partial charge in [-0.25, -0.2) is 8.78 Å². The molecular formula is C16H19F2NO3. The number of hydrogen-bond donors (Lipinski definition) is 1. The van der Waals surface area contributed by atoms with Crippen LogP contribution in [0.1, 0.15) is 31.7 Å². The van der Waals surface area contributed by atoms with Crippen LogP contribution < -0.4 is 0 Å². The molecule has 1 aliphatic rings. The van der Waals surface area contributed by atoms with E-state index in [1.54, 1.807) is 11.8 Å². The molecule has 2 rings (SSSR count). The SMILES string of the molecule is CC1(C(=O)O)CCN(C(=O)CCCc2ccc(F)c(F)c2)C1. The van der Waals surface area contributed by atoms with Gasteiger partial charge in [-0.3, -0.25) is 9.59 Å². The molecule has 1 saturated heterocycles. The van der Waals surface area contributed by atoms with E-state index < -0.39 is 23.0 Å². The van der Waals surface area contributed by atoms with Gasteiger partial charge in [-0.1, -0.05) is 6.07 Å². The minimum Gasteiger partial charge on any atom is -0.481 e. The van der Waals surface area contributed by atoms with E-state index in [9.17, 15) is 18.4 Å². The van der Waals surface area contributed by atoms with Gasteiger partial charge in [0.1, 0.15) is 0 Å². The first-order valence-electron chi connectivity index (χ1n) is 7.27. The smallest absolute Gasteiger partial charge is 0.311 e. The van der Waals surface area contributed by atoms with E-state index in [0.29, 0.717) is 31.4 Å². The minimum atomic E-state index is -0.888. The lowest BCUT2D eigenvalue weighted by Crippen LogP contribution is -2.34. The highest BCUT2D eigenvalue weighted by Gasteiger charge is 2.41. The molecular weight excluding hydrogens is 292 g/mol. The predicted molar refractivity (Wildman–Crippen MR) is 76.2 cm³/mol. The molecule has 6 heteroatoms. The molecule has 1 aliphatic heterocycles. The molecule has 4 nitrogen and oxygen atoms in total. The highest BCUT2D eigenvalue weighted by atomic mass is 19.2. The summed E-state index contributed by atoms with van der Waals surface area (Å²) in [7, 11) is 0. The zero-order valence-corrected chi connectivity index (χ0v) is 12.4. The summed E-state index contributed by atoms with van der Waals surface area (Å²) in [6.45, 7) is 2.32. The van der Waals surface area contributed by atoms with Gasteiger partial charge in [0.25, 0.3) is 0 Å². The maximum absolute atomic E-state index is 13.1. The third-order valence-electron chi connectivity index (χ3n) is 4.18. The molecule has 0 aromatic heterocycles. The zero-order valence-electron chi connectivity index (χ0n) is 12.4. The lowest BCUT2D eigenvalue weighted by Gasteiger charge is -2.20. The van der Waals surface area contributed by atoms with Crippen LogP contribution in [0.25, 0.3) is 0 Å². The predicted octanol–water partition coefficient (Wildman–Crippen LogP) is 2.61. The van der Waals surface area contributed by atoms with Crippen LogP contribution in [0.4, 0.5) is 8.78 Å². The fraction of sp³-hybridized carbons (Fsp3) is 0.500. The number of carbonyl (C=O) groups is 2. The lowest BCUT2D eigenvalue weighted by atomic mass is 9.90. The fourth-order valence-corrected chi connectivity index (χ4v) is 2.65. The van der Waals surface area contributed by atoms with Gasteiger partial charge in [-0.2, -0.15) is 0 Å². The van der Waals surface area contributed by atoms with Gasteiger partial charge in [-0.15, -0.1) is 0 Å². The van der Waals surface area contributed by atoms with Crippen molar-refractivity contribution in [3.8, 4) is 0 Å². The Morgan fingerprint density at radius 3 is 2.64 bits per heavy atom. The number of aryl methyl sites for hydroxylation is 1. The Bertz CT molecular complexity index is 591. The zero-order chi connectivity index (χ0) is 16.3. The van der Waals surface area contributed by atoms with E-state index in [-0.39, 0.29) is 18.9 Å². The molecule has 0 spiro atoms. The van der Waals surface area contributed by atoms with Crippen molar-refractivity contribution in [1.82, 2.24) is 4.90 Å². The first kappa shape index (κ1) is 16.4. The van der Waals surface area contributed by atoms with Gasteiger partial charge in [-0.05, 0) is 43.9 Å². The van der Waals surface area contributed by atoms with E-state index in [0.717, 1.165) is 12.1 Å². The van der Waals surface area contributed by atoms with Crippen molar-refractivity contribution in [3.63, 3.8) is 0 Å². The summed E-state index contributed by atoms with van der Waals surface area (Å²) >= 11 is 0. The van der Waals surface area contributed by atoms with Crippen molar-refractivity contribution in [2.24, 2.45) is 5.41 Å². The molecule has 1 fully saturated rings. The number of carboxylic acids is 1. The maximum Gasteiger partial charge on any atom is 0.311 e. The molecule has 1 aromatic rings. The summed E-state index contributed by atoms with van der Waals surface area (Å²) in [5, 5.41) is 9.14. The standard InChI is InChI=1S/C16H19F2NO3/c1-16(15(21)22)7-8-19(10-16)14(20)4-2-3-11-5-6-12(17)13(18)9-11/h5-6,9H,2-4,7-8,10H2,1H3,(H,21,22). The number of carboxylic acid groups (broad SMARTS) is 1. The molecule has 0 radical (unpaired) electrons. The van der Waals surface area contributed by atoms with Crippen molar-refractivity contribution in [2.75, 3.05) is 13.1 Å². The van der Waals surface area contributed by atoms with Gasteiger partial charge in [0.05, 0.1) is 5.41 Å². The monoisotopic (exact) mass is 311 g/mol. The molecule has 1 amide bonds. The molecule has 0 saturated carbocycles. The Hall–Kier alpha value is -1.98. The third-order valence-corrected chi connectivity index (χ3v) is 4.18. The molecule has 1 N–H and O–H groups in total. The Balaban J connectivity index is 1.81. The maximum atomic E-state index is 13.1. The van der Waals surface area contributed by atoms with E-state index in [1.165, 1.54) is 6.07 Å². The minimum absolute atomic E-state index is 0.0902. The van der Waals surface area contributed by atoms with Crippen molar-refractivity contribution < 1.29 is 23.5 Å². The number of carbonyl (C=O) groups excluding carboxylic acids is 1. The second-order valence-electron chi connectivity index (χ2n) is 6.03. The van der Waals surface area contributed by atoms with Gasteiger partial charge in [0.15, 0.2) is 11.6 Å². The number of halogens is 2.